The van der Waals surface area contributed by atoms with Gasteiger partial charge in [-0.15, -0.1) is 0 Å². The van der Waals surface area contributed by atoms with Gasteiger partial charge >= 0.3 is 12.2 Å². The highest BCUT2D eigenvalue weighted by Gasteiger charge is 2.62. The molecule has 55 heavy (non-hydrogen) atoms. The van der Waals surface area contributed by atoms with Gasteiger partial charge in [0.15, 0.2) is 11.0 Å². The number of nitrogens with one attached hydrogen (secondary N) is 3. The number of halogens is 2. The van der Waals surface area contributed by atoms with Crippen LogP contribution in [0.2, 0.25) is 10.0 Å². The SMILES string of the molecule is CCC(C)(C)OC(=O)N[C@H]1CCOCCCCC2C[C@@]2(C(=O)NS(=O)c2ccc(Cl)cc2)NC(=O)[C@@H]2C[C@@H](OC(=O)N3Cc4cccc(Cl)c4C3)CN2C1=O. The van der Waals surface area contributed by atoms with E-state index in [1.54, 1.807) is 32.0 Å². The molecular weight excluding hydrogens is 773 g/mol. The summed E-state index contributed by atoms with van der Waals surface area (Å²) < 4.78 is 33.1. The average molecular weight is 821 g/mol. The molecule has 0 aromatic heterocycles. The van der Waals surface area contributed by atoms with Crippen molar-refractivity contribution in [2.75, 3.05) is 19.8 Å². The van der Waals surface area contributed by atoms with E-state index < -0.39 is 70.2 Å². The topological polar surface area (TPSA) is 173 Å². The van der Waals surface area contributed by atoms with Gasteiger partial charge in [0.2, 0.25) is 11.8 Å². The third-order valence-electron chi connectivity index (χ3n) is 10.8. The van der Waals surface area contributed by atoms with E-state index in [4.69, 9.17) is 37.4 Å². The van der Waals surface area contributed by atoms with Crippen LogP contribution in [0.4, 0.5) is 9.59 Å². The van der Waals surface area contributed by atoms with Crippen molar-refractivity contribution < 1.29 is 42.4 Å². The van der Waals surface area contributed by atoms with E-state index in [9.17, 15) is 28.2 Å². The molecule has 0 bridgehead atoms. The molecule has 298 valence electrons. The summed E-state index contributed by atoms with van der Waals surface area (Å²) in [4.78, 5) is 72.3. The second-order valence-corrected chi connectivity index (χ2v) is 17.2. The fourth-order valence-electron chi connectivity index (χ4n) is 7.21. The number of alkyl carbamates (subject to hydrolysis) is 1. The summed E-state index contributed by atoms with van der Waals surface area (Å²) in [6, 6.07) is 9.33. The molecule has 2 saturated heterocycles. The largest absolute Gasteiger partial charge is 0.444 e. The standard InChI is InChI=1S/C38H47Cl2N5O9S/c1-4-37(2,3)54-35(49)41-30-15-17-52-16-6-5-9-24-19-38(24,34(48)43-55(51)27-13-11-25(39)12-14-27)42-32(46)31-18-26(21-45(31)33(30)47)53-36(50)44-20-23-8-7-10-29(40)28(23)22-44/h7-8,10-14,24,26,30-31H,4-6,9,15-22H2,1-3H3,(H,41,49)(H,42,46)(H,43,48)/t24?,26-,30+,31+,38-,55?/m1/s1. The second kappa shape index (κ2) is 17.1. The normalized spacial score (nSPS) is 26.3. The predicted octanol–water partition coefficient (Wildman–Crippen LogP) is 5.00. The van der Waals surface area contributed by atoms with Gasteiger partial charge in [0.1, 0.15) is 29.3 Å². The van der Waals surface area contributed by atoms with Crippen molar-refractivity contribution in [3.05, 3.63) is 63.6 Å². The van der Waals surface area contributed by atoms with Gasteiger partial charge in [0.25, 0.3) is 5.91 Å². The van der Waals surface area contributed by atoms with Gasteiger partial charge in [0.05, 0.1) is 18.0 Å². The predicted molar refractivity (Wildman–Crippen MR) is 203 cm³/mol. The summed E-state index contributed by atoms with van der Waals surface area (Å²) >= 11 is 12.4. The zero-order valence-electron chi connectivity index (χ0n) is 31.1. The van der Waals surface area contributed by atoms with Crippen LogP contribution < -0.4 is 15.4 Å². The van der Waals surface area contributed by atoms with Crippen molar-refractivity contribution in [1.29, 1.82) is 0 Å². The molecule has 3 aliphatic heterocycles. The Hall–Kier alpha value is -3.92. The van der Waals surface area contributed by atoms with Crippen molar-refractivity contribution >= 4 is 64.1 Å². The molecule has 17 heteroatoms. The lowest BCUT2D eigenvalue weighted by Crippen LogP contribution is -2.58. The Kier molecular flexibility index (Phi) is 12.6. The molecule has 3 N–H and O–H groups in total. The van der Waals surface area contributed by atoms with Gasteiger partial charge in [-0.2, -0.15) is 0 Å². The number of benzene rings is 2. The summed E-state index contributed by atoms with van der Waals surface area (Å²) in [5.74, 6) is -2.12. The molecule has 1 saturated carbocycles. The number of amides is 5. The molecule has 2 aromatic carbocycles. The molecule has 3 heterocycles. The maximum absolute atomic E-state index is 14.4. The van der Waals surface area contributed by atoms with E-state index in [0.717, 1.165) is 11.1 Å². The molecule has 14 nitrogen and oxygen atoms in total. The summed E-state index contributed by atoms with van der Waals surface area (Å²) in [6.07, 6.45) is 0.448. The number of carbonyl (C=O) groups excluding carboxylic acids is 5. The third kappa shape index (κ3) is 9.55. The summed E-state index contributed by atoms with van der Waals surface area (Å²) in [5, 5.41) is 6.59. The smallest absolute Gasteiger partial charge is 0.410 e. The van der Waals surface area contributed by atoms with E-state index in [-0.39, 0.29) is 45.0 Å². The third-order valence-corrected chi connectivity index (χ3v) is 12.5. The van der Waals surface area contributed by atoms with Crippen molar-refractivity contribution in [3.63, 3.8) is 0 Å². The number of hydrogen-bond acceptors (Lipinski definition) is 9. The summed E-state index contributed by atoms with van der Waals surface area (Å²) in [5.41, 5.74) is -0.474. The highest BCUT2D eigenvalue weighted by Crippen LogP contribution is 2.47. The van der Waals surface area contributed by atoms with Gasteiger partial charge in [-0.3, -0.25) is 24.0 Å². The minimum Gasteiger partial charge on any atom is -0.444 e. The number of fused-ring (bicyclic) bond motifs is 3. The molecule has 5 amide bonds. The Morgan fingerprint density at radius 1 is 1.05 bits per heavy atom. The Morgan fingerprint density at radius 2 is 1.82 bits per heavy atom. The van der Waals surface area contributed by atoms with Gasteiger partial charge in [-0.05, 0) is 86.9 Å². The van der Waals surface area contributed by atoms with Crippen LogP contribution in [0.15, 0.2) is 47.4 Å². The number of hydrogen-bond donors (Lipinski definition) is 3. The Bertz CT molecular complexity index is 1830. The Balaban J connectivity index is 1.24. The second-order valence-electron chi connectivity index (χ2n) is 15.1. The van der Waals surface area contributed by atoms with E-state index >= 15 is 0 Å². The van der Waals surface area contributed by atoms with Crippen LogP contribution in [0.5, 0.6) is 0 Å². The van der Waals surface area contributed by atoms with Crippen molar-refractivity contribution in [2.24, 2.45) is 5.92 Å². The molecule has 1 aliphatic carbocycles. The number of rotatable bonds is 7. The highest BCUT2D eigenvalue weighted by molar-refractivity contribution is 7.83. The number of nitrogens with zero attached hydrogens (tertiary/aromatic N) is 2. The van der Waals surface area contributed by atoms with Crippen molar-refractivity contribution in [3.8, 4) is 0 Å². The van der Waals surface area contributed by atoms with Gasteiger partial charge in [-0.1, -0.05) is 48.7 Å². The number of ether oxygens (including phenoxy) is 3. The van der Waals surface area contributed by atoms with E-state index in [2.05, 4.69) is 15.4 Å². The molecular formula is C38H47Cl2N5O9S. The van der Waals surface area contributed by atoms with Crippen LogP contribution in [0.25, 0.3) is 0 Å². The highest BCUT2D eigenvalue weighted by atomic mass is 35.5. The zero-order chi connectivity index (χ0) is 39.5. The zero-order valence-corrected chi connectivity index (χ0v) is 33.4. The van der Waals surface area contributed by atoms with Crippen LogP contribution in [0.3, 0.4) is 0 Å². The maximum Gasteiger partial charge on any atom is 0.410 e. The Labute approximate surface area is 332 Å². The molecule has 2 unspecified atom stereocenters. The minimum absolute atomic E-state index is 0.0690. The van der Waals surface area contributed by atoms with Crippen LogP contribution in [-0.4, -0.2) is 93.0 Å². The molecule has 6 atom stereocenters. The summed E-state index contributed by atoms with van der Waals surface area (Å²) in [6.45, 7) is 6.27. The number of carbonyl (C=O) groups is 5. The van der Waals surface area contributed by atoms with Crippen LogP contribution in [0.1, 0.15) is 76.8 Å². The van der Waals surface area contributed by atoms with Crippen molar-refractivity contribution in [1.82, 2.24) is 25.2 Å². The fraction of sp³-hybridized carbons (Fsp3) is 0.553. The van der Waals surface area contributed by atoms with Gasteiger partial charge < -0.3 is 29.7 Å². The monoisotopic (exact) mass is 819 g/mol. The molecule has 2 aromatic rings. The van der Waals surface area contributed by atoms with Crippen LogP contribution in [-0.2, 0) is 52.7 Å². The molecule has 6 rings (SSSR count). The van der Waals surface area contributed by atoms with Crippen molar-refractivity contribution in [2.45, 2.75) is 113 Å². The first-order valence-corrected chi connectivity index (χ1v) is 20.5. The van der Waals surface area contributed by atoms with Gasteiger partial charge in [-0.25, -0.2) is 13.8 Å². The van der Waals surface area contributed by atoms with Gasteiger partial charge in [0, 0.05) is 42.6 Å². The molecule has 4 aliphatic rings. The minimum atomic E-state index is -1.94. The first-order valence-electron chi connectivity index (χ1n) is 18.6. The first-order chi connectivity index (χ1) is 26.2. The lowest BCUT2D eigenvalue weighted by atomic mass is 10.1. The molecule has 0 radical (unpaired) electrons. The first kappa shape index (κ1) is 40.7. The molecule has 3 fully saturated rings. The van der Waals surface area contributed by atoms with E-state index in [1.807, 2.05) is 19.1 Å². The van der Waals surface area contributed by atoms with Crippen LogP contribution in [0, 0.1) is 5.92 Å². The summed E-state index contributed by atoms with van der Waals surface area (Å²) in [7, 11) is -1.94. The maximum atomic E-state index is 14.4. The fourth-order valence-corrected chi connectivity index (χ4v) is 8.45. The molecule has 0 spiro atoms. The van der Waals surface area contributed by atoms with Crippen LogP contribution >= 0.6 is 23.2 Å². The Morgan fingerprint density at radius 3 is 2.55 bits per heavy atom. The quantitative estimate of drug-likeness (QED) is 0.348. The van der Waals surface area contributed by atoms with E-state index in [1.165, 1.54) is 21.9 Å². The van der Waals surface area contributed by atoms with E-state index in [0.29, 0.717) is 53.7 Å². The average Bonchev–Trinajstić information content (AvgIpc) is 3.43. The lowest BCUT2D eigenvalue weighted by Gasteiger charge is -2.30. The lowest BCUT2D eigenvalue weighted by molar-refractivity contribution is -0.141.